The number of ether oxygens (including phenoxy) is 2. The summed E-state index contributed by atoms with van der Waals surface area (Å²) in [6.07, 6.45) is 0.416. The fourth-order valence-corrected chi connectivity index (χ4v) is 1.74. The molecule has 0 saturated heterocycles. The van der Waals surface area contributed by atoms with Gasteiger partial charge < -0.3 is 29.9 Å². The predicted molar refractivity (Wildman–Crippen MR) is 64.9 cm³/mol. The van der Waals surface area contributed by atoms with E-state index in [1.165, 1.54) is 0 Å². The fourth-order valence-electron chi connectivity index (χ4n) is 1.18. The van der Waals surface area contributed by atoms with Crippen molar-refractivity contribution in [3.63, 3.8) is 0 Å². The van der Waals surface area contributed by atoms with E-state index in [9.17, 15) is 4.57 Å². The first-order valence-electron chi connectivity index (χ1n) is 5.54. The molecule has 4 N–H and O–H groups in total. The predicted octanol–water partition coefficient (Wildman–Crippen LogP) is -0.565. The molecule has 0 aromatic carbocycles. The molecule has 0 aromatic rings. The Hall–Kier alpha value is -2.01. The van der Waals surface area contributed by atoms with Crippen molar-refractivity contribution < 1.29 is 23.8 Å². The van der Waals surface area contributed by atoms with Crippen LogP contribution >= 0.6 is 7.60 Å². The molecule has 0 rings (SSSR count). The molecule has 7 nitrogen and oxygen atoms in total. The van der Waals surface area contributed by atoms with Crippen molar-refractivity contribution in [1.29, 1.82) is 0 Å². The summed E-state index contributed by atoms with van der Waals surface area (Å²) in [5.41, 5.74) is 5.13. The van der Waals surface area contributed by atoms with Gasteiger partial charge in [0.05, 0.1) is 32.7 Å². The molecule has 0 bridgehead atoms. The van der Waals surface area contributed by atoms with Crippen molar-refractivity contribution in [2.75, 3.05) is 52.9 Å². The van der Waals surface area contributed by atoms with Crippen LogP contribution in [0.4, 0.5) is 0 Å². The number of hydrogen-bond donors (Lipinski definition) is 3. The molecule has 0 aliphatic heterocycles. The maximum absolute atomic E-state index is 10.6. The molecule has 0 heterocycles. The number of nitrogens with two attached hydrogens (primary N) is 1. The zero-order chi connectivity index (χ0) is 13.1. The zero-order valence-corrected chi connectivity index (χ0v) is 16.5. The van der Waals surface area contributed by atoms with Crippen LogP contribution in [0.1, 0.15) is 6.42 Å². The third kappa shape index (κ3) is 18.5. The molecule has 0 radical (unpaired) electrons. The van der Waals surface area contributed by atoms with Gasteiger partial charge in [-0.3, -0.25) is 4.57 Å². The smallest absolute Gasteiger partial charge is 0.325 e. The minimum absolute atomic E-state index is 0. The first kappa shape index (κ1) is 22.2. The Balaban J connectivity index is -0.00000128. The average molecular weight is 784 g/mol. The van der Waals surface area contributed by atoms with Crippen molar-refractivity contribution in [3.8, 4) is 0 Å². The molecule has 0 fully saturated rings. The monoisotopic (exact) mass is 784 g/mol. The Bertz CT molecular complexity index is 233. The van der Waals surface area contributed by atoms with Gasteiger partial charge in [-0.25, -0.2) is 0 Å². The van der Waals surface area contributed by atoms with Gasteiger partial charge in [-0.05, 0) is 20.0 Å². The SMILES string of the molecule is CN(CCCP(=O)(O)O)CCOCCOCN.[Fm].[Fm]. The Morgan fingerprint density at radius 1 is 1.11 bits per heavy atom. The van der Waals surface area contributed by atoms with Crippen molar-refractivity contribution >= 4 is 7.60 Å². The second-order valence-electron chi connectivity index (χ2n) is 3.73. The van der Waals surface area contributed by atoms with E-state index in [1.807, 2.05) is 11.9 Å². The molecule has 0 amide bonds. The van der Waals surface area contributed by atoms with Gasteiger partial charge in [0.2, 0.25) is 0 Å². The maximum atomic E-state index is 10.6. The molecule has 0 atom stereocenters. The Morgan fingerprint density at radius 3 is 2.21 bits per heavy atom. The van der Waals surface area contributed by atoms with Gasteiger partial charge >= 0.3 is 7.60 Å². The summed E-state index contributed by atoms with van der Waals surface area (Å²) in [7, 11) is -1.96. The molecule has 0 unspecified atom stereocenters. The van der Waals surface area contributed by atoms with Gasteiger partial charge in [-0.15, -0.1) is 0 Å². The first-order chi connectivity index (χ1) is 7.95. The van der Waals surface area contributed by atoms with Crippen LogP contribution in [0, 0.1) is 0 Å². The van der Waals surface area contributed by atoms with Crippen LogP contribution in [0.15, 0.2) is 0 Å². The van der Waals surface area contributed by atoms with E-state index in [4.69, 9.17) is 25.0 Å². The molecule has 0 aromatic heterocycles. The Kier molecular flexibility index (Phi) is 14.5. The van der Waals surface area contributed by atoms with E-state index in [0.717, 1.165) is 6.54 Å². The molecule has 0 aliphatic carbocycles. The fraction of sp³-hybridized carbons (Fsp3) is 1.00. The van der Waals surface area contributed by atoms with E-state index in [1.54, 1.807) is 0 Å². The molecule has 0 aliphatic rings. The summed E-state index contributed by atoms with van der Waals surface area (Å²) in [6.45, 7) is 3.13. The standard InChI is InChI=1S/C9H23N2O5P.2Fm/c1-11(3-2-8-17(12,13)14)4-5-15-6-7-16-9-10;;/h2-10H2,1H3,(H2,12,13,14);;. The van der Waals surface area contributed by atoms with E-state index in [0.29, 0.717) is 32.8 Å². The number of nitrogens with zero attached hydrogens (tertiary/aromatic N) is 1. The Labute approximate surface area is 102 Å². The quantitative estimate of drug-likeness (QED) is 0.147. The first-order valence-corrected chi connectivity index (χ1v) is 7.34. The third-order valence-corrected chi connectivity index (χ3v) is 3.00. The summed E-state index contributed by atoms with van der Waals surface area (Å²) in [6, 6.07) is 0. The van der Waals surface area contributed by atoms with Crippen LogP contribution in [0.25, 0.3) is 0 Å². The number of rotatable bonds is 11. The van der Waals surface area contributed by atoms with Gasteiger partial charge in [0.15, 0.2) is 0 Å². The zero-order valence-electron chi connectivity index (χ0n) is 10.8. The van der Waals surface area contributed by atoms with E-state index in [-0.39, 0.29) is 12.9 Å². The van der Waals surface area contributed by atoms with Gasteiger partial charge in [0.1, 0.15) is 0 Å². The van der Waals surface area contributed by atoms with Gasteiger partial charge in [-0.2, -0.15) is 0 Å². The molecule has 19 heavy (non-hydrogen) atoms. The van der Waals surface area contributed by atoms with Gasteiger partial charge in [-0.1, -0.05) is 0 Å². The third-order valence-electron chi connectivity index (χ3n) is 2.10. The molecule has 0 spiro atoms. The summed E-state index contributed by atoms with van der Waals surface area (Å²) >= 11 is 0. The van der Waals surface area contributed by atoms with Crippen molar-refractivity contribution in [1.82, 2.24) is 4.90 Å². The van der Waals surface area contributed by atoms with Gasteiger partial charge in [0, 0.05) is 6.54 Å². The van der Waals surface area contributed by atoms with Crippen LogP contribution in [0.5, 0.6) is 0 Å². The van der Waals surface area contributed by atoms with E-state index < -0.39 is 7.60 Å². The van der Waals surface area contributed by atoms with E-state index in [2.05, 4.69) is 0 Å². The summed E-state index contributed by atoms with van der Waals surface area (Å²) < 4.78 is 20.8. The van der Waals surface area contributed by atoms with Crippen LogP contribution in [0.3, 0.4) is 0 Å². The molecular formula is C9H23Fm2N2O5P. The van der Waals surface area contributed by atoms with Crippen molar-refractivity contribution in [2.45, 2.75) is 6.42 Å². The van der Waals surface area contributed by atoms with E-state index >= 15 is 0 Å². The minimum Gasteiger partial charge on any atom is -0.378 e. The molecule has 10 heteroatoms. The van der Waals surface area contributed by atoms with Crippen molar-refractivity contribution in [3.05, 3.63) is 0 Å². The summed E-state index contributed by atoms with van der Waals surface area (Å²) in [5, 5.41) is 0. The molecule has 128 valence electrons. The topological polar surface area (TPSA) is 105 Å². The summed E-state index contributed by atoms with van der Waals surface area (Å²) in [5.74, 6) is 0. The van der Waals surface area contributed by atoms with Crippen molar-refractivity contribution in [2.24, 2.45) is 5.73 Å². The van der Waals surface area contributed by atoms with Gasteiger partial charge in [0.25, 0.3) is 0 Å². The molecule has 0 saturated carbocycles. The van der Waals surface area contributed by atoms with Crippen LogP contribution in [0.2, 0.25) is 0 Å². The summed E-state index contributed by atoms with van der Waals surface area (Å²) in [4.78, 5) is 19.3. The second-order valence-corrected chi connectivity index (χ2v) is 5.51. The number of likely N-dealkylation sites (N-methyl/N-ethyl adjacent to an activating group) is 1. The maximum Gasteiger partial charge on any atom is 0.325 e. The average Bonchev–Trinajstić information content (AvgIpc) is 2.21. The minimum atomic E-state index is -3.85. The number of hydrogen-bond acceptors (Lipinski definition) is 5. The molecular weight excluding hydrogens is 761 g/mol. The van der Waals surface area contributed by atoms with Crippen LogP contribution < -0.4 is 5.73 Å². The normalized spacial score (nSPS) is 11.0. The Morgan fingerprint density at radius 2 is 1.68 bits per heavy atom. The van der Waals surface area contributed by atoms with Crippen LogP contribution in [-0.2, 0) is 14.0 Å². The van der Waals surface area contributed by atoms with Crippen LogP contribution in [-0.4, -0.2) is 67.5 Å². The second kappa shape index (κ2) is 12.4. The largest absolute Gasteiger partial charge is 0.378 e.